The molecule has 0 unspecified atom stereocenters. The minimum Gasteiger partial charge on any atom is -0.443 e. The molecule has 1 fully saturated rings. The van der Waals surface area contributed by atoms with Gasteiger partial charge in [-0.2, -0.15) is 0 Å². The van der Waals surface area contributed by atoms with Crippen molar-refractivity contribution in [2.75, 3.05) is 0 Å². The molecule has 1 aliphatic rings. The molecule has 0 aliphatic carbocycles. The van der Waals surface area contributed by atoms with Gasteiger partial charge in [-0.1, -0.05) is 65.7 Å². The molecule has 1 saturated heterocycles. The van der Waals surface area contributed by atoms with E-state index < -0.39 is 23.9 Å². The molecular weight excluding hydrogens is 447 g/mol. The molecule has 32 heavy (non-hydrogen) atoms. The predicted octanol–water partition coefficient (Wildman–Crippen LogP) is 6.78. The van der Waals surface area contributed by atoms with Gasteiger partial charge >= 0.3 is 6.09 Å². The van der Waals surface area contributed by atoms with Crippen molar-refractivity contribution < 1.29 is 14.3 Å². The molecule has 3 atom stereocenters. The lowest BCUT2D eigenvalue weighted by molar-refractivity contribution is -0.129. The molecule has 0 radical (unpaired) electrons. The van der Waals surface area contributed by atoms with Gasteiger partial charge in [0, 0.05) is 21.7 Å². The largest absolute Gasteiger partial charge is 0.443 e. The highest BCUT2D eigenvalue weighted by Crippen LogP contribution is 2.46. The number of ether oxygens (including phenoxy) is 1. The van der Waals surface area contributed by atoms with Crippen LogP contribution in [0.3, 0.4) is 0 Å². The summed E-state index contributed by atoms with van der Waals surface area (Å²) in [6.07, 6.45) is 0.462. The Balaban J connectivity index is 2.21. The summed E-state index contributed by atoms with van der Waals surface area (Å²) in [5.74, 6) is -0.372. The summed E-state index contributed by atoms with van der Waals surface area (Å²) in [6, 6.07) is 14.1. The van der Waals surface area contributed by atoms with Crippen LogP contribution >= 0.6 is 23.2 Å². The molecule has 2 aromatic carbocycles. The average Bonchev–Trinajstić information content (AvgIpc) is 2.99. The molecule has 5 nitrogen and oxygen atoms in total. The lowest BCUT2D eigenvalue weighted by Gasteiger charge is -2.36. The molecule has 1 aliphatic heterocycles. The maximum Gasteiger partial charge on any atom is 0.418 e. The first-order valence-electron chi connectivity index (χ1n) is 10.5. The average molecular weight is 475 g/mol. The first kappa shape index (κ1) is 24.3. The van der Waals surface area contributed by atoms with E-state index in [9.17, 15) is 9.59 Å². The van der Waals surface area contributed by atoms with Gasteiger partial charge in [-0.25, -0.2) is 9.69 Å². The van der Waals surface area contributed by atoms with Gasteiger partial charge in [0.05, 0.1) is 6.04 Å². The van der Waals surface area contributed by atoms with E-state index >= 15 is 0 Å². The van der Waals surface area contributed by atoms with Gasteiger partial charge in [0.1, 0.15) is 11.8 Å². The molecule has 0 saturated carbocycles. The summed E-state index contributed by atoms with van der Waals surface area (Å²) in [4.78, 5) is 30.0. The molecule has 2 amide bonds. The van der Waals surface area contributed by atoms with E-state index in [1.165, 1.54) is 0 Å². The SMILES string of the molecule is C=CC[C@H]1C(=O)N(C(=O)OC(C)(C)C)[C@@H](c2c(Cl)cccc2Cl)N1[C@H](C)c1ccccc1. The Kier molecular flexibility index (Phi) is 7.33. The van der Waals surface area contributed by atoms with Crippen molar-refractivity contribution in [3.8, 4) is 0 Å². The van der Waals surface area contributed by atoms with Crippen LogP contribution < -0.4 is 0 Å². The third kappa shape index (κ3) is 4.85. The zero-order chi connectivity index (χ0) is 23.6. The Hall–Kier alpha value is -2.34. The van der Waals surface area contributed by atoms with E-state index in [-0.39, 0.29) is 11.9 Å². The Morgan fingerprint density at radius 2 is 1.72 bits per heavy atom. The first-order valence-corrected chi connectivity index (χ1v) is 11.3. The Labute approximate surface area is 199 Å². The van der Waals surface area contributed by atoms with E-state index in [0.717, 1.165) is 10.5 Å². The van der Waals surface area contributed by atoms with Crippen molar-refractivity contribution in [2.45, 2.75) is 58.0 Å². The number of hydrogen-bond donors (Lipinski definition) is 0. The van der Waals surface area contributed by atoms with Crippen LogP contribution in [-0.4, -0.2) is 33.4 Å². The fourth-order valence-electron chi connectivity index (χ4n) is 4.01. The number of amides is 2. The number of rotatable bonds is 5. The highest BCUT2D eigenvalue weighted by atomic mass is 35.5. The molecular formula is C25H28Cl2N2O3. The third-order valence-electron chi connectivity index (χ3n) is 5.38. The second kappa shape index (κ2) is 9.65. The highest BCUT2D eigenvalue weighted by molar-refractivity contribution is 6.36. The third-order valence-corrected chi connectivity index (χ3v) is 6.04. The zero-order valence-corrected chi connectivity index (χ0v) is 20.2. The van der Waals surface area contributed by atoms with Crippen LogP contribution in [0.4, 0.5) is 4.79 Å². The molecule has 0 spiro atoms. The molecule has 170 valence electrons. The number of carbonyl (C=O) groups is 2. The lowest BCUT2D eigenvalue weighted by Crippen LogP contribution is -2.41. The second-order valence-electron chi connectivity index (χ2n) is 8.77. The number of halogens is 2. The monoisotopic (exact) mass is 474 g/mol. The molecule has 0 aromatic heterocycles. The van der Waals surface area contributed by atoms with Crippen molar-refractivity contribution in [3.63, 3.8) is 0 Å². The minimum absolute atomic E-state index is 0.227. The van der Waals surface area contributed by atoms with Gasteiger partial charge in [0.25, 0.3) is 5.91 Å². The van der Waals surface area contributed by atoms with E-state index in [0.29, 0.717) is 22.0 Å². The number of benzene rings is 2. The molecule has 7 heteroatoms. The van der Waals surface area contributed by atoms with E-state index in [4.69, 9.17) is 27.9 Å². The van der Waals surface area contributed by atoms with Crippen molar-refractivity contribution in [2.24, 2.45) is 0 Å². The Bertz CT molecular complexity index is 984. The Morgan fingerprint density at radius 3 is 2.25 bits per heavy atom. The first-order chi connectivity index (χ1) is 15.1. The fourth-order valence-corrected chi connectivity index (χ4v) is 4.61. The van der Waals surface area contributed by atoms with Crippen LogP contribution in [-0.2, 0) is 9.53 Å². The lowest BCUT2D eigenvalue weighted by atomic mass is 10.0. The normalized spacial score (nSPS) is 20.3. The maximum atomic E-state index is 13.6. The zero-order valence-electron chi connectivity index (χ0n) is 18.7. The van der Waals surface area contributed by atoms with Crippen LogP contribution in [0.2, 0.25) is 10.0 Å². The summed E-state index contributed by atoms with van der Waals surface area (Å²) in [6.45, 7) is 11.1. The summed E-state index contributed by atoms with van der Waals surface area (Å²) < 4.78 is 5.61. The smallest absolute Gasteiger partial charge is 0.418 e. The number of carbonyl (C=O) groups excluding carboxylic acids is 2. The van der Waals surface area contributed by atoms with Gasteiger partial charge in [0.15, 0.2) is 0 Å². The van der Waals surface area contributed by atoms with Crippen LogP contribution in [0.25, 0.3) is 0 Å². The molecule has 3 rings (SSSR count). The minimum atomic E-state index is -0.835. The second-order valence-corrected chi connectivity index (χ2v) is 9.59. The van der Waals surface area contributed by atoms with Crippen LogP contribution in [0.1, 0.15) is 57.5 Å². The van der Waals surface area contributed by atoms with Gasteiger partial charge < -0.3 is 4.74 Å². The number of nitrogens with zero attached hydrogens (tertiary/aromatic N) is 2. The fraction of sp³-hybridized carbons (Fsp3) is 0.360. The summed E-state index contributed by atoms with van der Waals surface area (Å²) in [7, 11) is 0. The van der Waals surface area contributed by atoms with Gasteiger partial charge in [0.2, 0.25) is 0 Å². The highest BCUT2D eigenvalue weighted by Gasteiger charge is 2.53. The van der Waals surface area contributed by atoms with E-state index in [2.05, 4.69) is 6.58 Å². The van der Waals surface area contributed by atoms with Gasteiger partial charge in [-0.15, -0.1) is 6.58 Å². The number of imide groups is 1. The van der Waals surface area contributed by atoms with E-state index in [1.807, 2.05) is 42.2 Å². The van der Waals surface area contributed by atoms with Crippen LogP contribution in [0, 0.1) is 0 Å². The van der Waals surface area contributed by atoms with Crippen LogP contribution in [0.5, 0.6) is 0 Å². The topological polar surface area (TPSA) is 49.9 Å². The molecule has 2 aromatic rings. The standard InChI is InChI=1S/C25H28Cl2N2O3/c1-6-11-20-23(30)29(24(31)32-25(3,4)5)22(21-18(26)14-10-15-19(21)27)28(20)16(2)17-12-8-7-9-13-17/h6-10,12-16,20,22H,1,11H2,2-5H3/t16-,20+,22+/m1/s1. The maximum absolute atomic E-state index is 13.6. The van der Waals surface area contributed by atoms with Crippen molar-refractivity contribution >= 4 is 35.2 Å². The summed E-state index contributed by atoms with van der Waals surface area (Å²) >= 11 is 13.2. The van der Waals surface area contributed by atoms with Crippen LogP contribution in [0.15, 0.2) is 61.2 Å². The van der Waals surface area contributed by atoms with E-state index in [1.54, 1.807) is 45.0 Å². The Morgan fingerprint density at radius 1 is 1.12 bits per heavy atom. The summed E-state index contributed by atoms with van der Waals surface area (Å²) in [5.41, 5.74) is 0.705. The van der Waals surface area contributed by atoms with Crippen molar-refractivity contribution in [1.82, 2.24) is 9.80 Å². The molecule has 1 heterocycles. The van der Waals surface area contributed by atoms with Crippen molar-refractivity contribution in [1.29, 1.82) is 0 Å². The quantitative estimate of drug-likeness (QED) is 0.448. The predicted molar refractivity (Wildman–Crippen MR) is 128 cm³/mol. The van der Waals surface area contributed by atoms with Gasteiger partial charge in [-0.3, -0.25) is 9.69 Å². The molecule has 0 bridgehead atoms. The van der Waals surface area contributed by atoms with Gasteiger partial charge in [-0.05, 0) is 51.8 Å². The van der Waals surface area contributed by atoms with Crippen molar-refractivity contribution in [3.05, 3.63) is 82.4 Å². The molecule has 0 N–H and O–H groups in total. The number of hydrogen-bond acceptors (Lipinski definition) is 4. The summed E-state index contributed by atoms with van der Waals surface area (Å²) in [5, 5.41) is 0.738.